The fourth-order valence-corrected chi connectivity index (χ4v) is 3.52. The smallest absolute Gasteiger partial charge is 0.200 e. The van der Waals surface area contributed by atoms with Crippen LogP contribution in [0.1, 0.15) is 62.6 Å². The quantitative estimate of drug-likeness (QED) is 0.495. The molecule has 0 saturated carbocycles. The highest BCUT2D eigenvalue weighted by Gasteiger charge is 2.18. The van der Waals surface area contributed by atoms with Crippen LogP contribution in [0, 0.1) is 6.92 Å². The minimum atomic E-state index is 0.539. The van der Waals surface area contributed by atoms with Crippen LogP contribution in [0.4, 0.5) is 0 Å². The highest BCUT2D eigenvalue weighted by Crippen LogP contribution is 2.32. The lowest BCUT2D eigenvalue weighted by molar-refractivity contribution is -0.659. The molecule has 1 nitrogen and oxygen atoms in total. The summed E-state index contributed by atoms with van der Waals surface area (Å²) in [6.07, 6.45) is 3.37. The molecule has 1 unspecified atom stereocenters. The van der Waals surface area contributed by atoms with E-state index in [1.807, 2.05) is 0 Å². The Morgan fingerprint density at radius 2 is 1.64 bits per heavy atom. The molecule has 1 aromatic heterocycles. The summed E-state index contributed by atoms with van der Waals surface area (Å²) in [4.78, 5) is 0. The molecule has 0 saturated heterocycles. The van der Waals surface area contributed by atoms with Crippen LogP contribution in [0.25, 0.3) is 22.0 Å². The molecule has 0 fully saturated rings. The monoisotopic (exact) mass is 332 g/mol. The molecule has 2 aromatic carbocycles. The molecule has 3 rings (SSSR count). The van der Waals surface area contributed by atoms with Gasteiger partial charge >= 0.3 is 0 Å². The van der Waals surface area contributed by atoms with Crippen molar-refractivity contribution < 1.29 is 4.57 Å². The van der Waals surface area contributed by atoms with Gasteiger partial charge in [0.15, 0.2) is 6.20 Å². The van der Waals surface area contributed by atoms with Crippen molar-refractivity contribution in [2.24, 2.45) is 7.05 Å². The molecule has 0 aliphatic rings. The van der Waals surface area contributed by atoms with Crippen molar-refractivity contribution in [3.05, 3.63) is 65.4 Å². The molecule has 0 N–H and O–H groups in total. The molecule has 0 spiro atoms. The third-order valence-corrected chi connectivity index (χ3v) is 5.53. The number of nitrogens with zero attached hydrogens (tertiary/aromatic N) is 1. The van der Waals surface area contributed by atoms with Crippen LogP contribution in [0.5, 0.6) is 0 Å². The van der Waals surface area contributed by atoms with Crippen LogP contribution < -0.4 is 4.57 Å². The number of benzene rings is 2. The van der Waals surface area contributed by atoms with Crippen molar-refractivity contribution in [3.8, 4) is 11.3 Å². The van der Waals surface area contributed by atoms with Gasteiger partial charge in [0, 0.05) is 11.6 Å². The summed E-state index contributed by atoms with van der Waals surface area (Å²) < 4.78 is 2.26. The molecule has 0 radical (unpaired) electrons. The zero-order chi connectivity index (χ0) is 18.1. The SMILES string of the molecule is CCC(C)c1ccc2c(-c3cc(C(C)C)ccc3C)[n+](C)ccc2c1. The van der Waals surface area contributed by atoms with Crippen molar-refractivity contribution in [3.63, 3.8) is 0 Å². The Labute approximate surface area is 152 Å². The van der Waals surface area contributed by atoms with E-state index >= 15 is 0 Å². The fraction of sp³-hybridized carbons (Fsp3) is 0.375. The molecule has 0 amide bonds. The molecule has 1 heterocycles. The highest BCUT2D eigenvalue weighted by molar-refractivity contribution is 5.94. The second kappa shape index (κ2) is 7.00. The number of fused-ring (bicyclic) bond motifs is 1. The molecule has 0 aliphatic carbocycles. The predicted molar refractivity (Wildman–Crippen MR) is 108 cm³/mol. The Bertz CT molecular complexity index is 905. The second-order valence-corrected chi connectivity index (χ2v) is 7.66. The molecular weight excluding hydrogens is 302 g/mol. The van der Waals surface area contributed by atoms with Gasteiger partial charge in [0.2, 0.25) is 5.69 Å². The summed E-state index contributed by atoms with van der Waals surface area (Å²) in [5, 5.41) is 2.67. The van der Waals surface area contributed by atoms with E-state index in [1.165, 1.54) is 45.1 Å². The van der Waals surface area contributed by atoms with E-state index < -0.39 is 0 Å². The van der Waals surface area contributed by atoms with Gasteiger partial charge in [0.1, 0.15) is 7.05 Å². The Hall–Kier alpha value is -2.15. The van der Waals surface area contributed by atoms with Crippen LogP contribution in [0.2, 0.25) is 0 Å². The van der Waals surface area contributed by atoms with E-state index in [-0.39, 0.29) is 0 Å². The maximum atomic E-state index is 2.37. The molecular formula is C24H30N+. The lowest BCUT2D eigenvalue weighted by Gasteiger charge is -2.14. The van der Waals surface area contributed by atoms with Gasteiger partial charge in [-0.15, -0.1) is 0 Å². The molecule has 3 aromatic rings. The van der Waals surface area contributed by atoms with Gasteiger partial charge in [-0.1, -0.05) is 52.0 Å². The van der Waals surface area contributed by atoms with Crippen LogP contribution in [-0.2, 0) is 7.05 Å². The lowest BCUT2D eigenvalue weighted by Crippen LogP contribution is -2.30. The van der Waals surface area contributed by atoms with Crippen LogP contribution in [0.15, 0.2) is 48.7 Å². The minimum Gasteiger partial charge on any atom is -0.200 e. The Morgan fingerprint density at radius 3 is 2.32 bits per heavy atom. The average molecular weight is 333 g/mol. The van der Waals surface area contributed by atoms with Crippen LogP contribution >= 0.6 is 0 Å². The average Bonchev–Trinajstić information content (AvgIpc) is 2.61. The zero-order valence-corrected chi connectivity index (χ0v) is 16.4. The topological polar surface area (TPSA) is 3.88 Å². The van der Waals surface area contributed by atoms with E-state index in [2.05, 4.69) is 94.9 Å². The molecule has 0 bridgehead atoms. The Morgan fingerprint density at radius 1 is 0.920 bits per heavy atom. The largest absolute Gasteiger partial charge is 0.220 e. The van der Waals surface area contributed by atoms with E-state index in [0.717, 1.165) is 0 Å². The van der Waals surface area contributed by atoms with Crippen LogP contribution in [0.3, 0.4) is 0 Å². The zero-order valence-electron chi connectivity index (χ0n) is 16.4. The van der Waals surface area contributed by atoms with Crippen molar-refractivity contribution >= 4 is 10.8 Å². The minimum absolute atomic E-state index is 0.539. The standard InChI is InChI=1S/C24H30N/c1-7-17(4)20-10-11-22-21(14-20)12-13-25(6)24(22)23-15-19(16(2)3)9-8-18(23)5/h8-17H,7H2,1-6H3/q+1. The summed E-state index contributed by atoms with van der Waals surface area (Å²) in [7, 11) is 2.15. The third kappa shape index (κ3) is 3.33. The number of aromatic nitrogens is 1. The lowest BCUT2D eigenvalue weighted by atomic mass is 9.92. The number of aryl methyl sites for hydroxylation is 2. The van der Waals surface area contributed by atoms with Crippen molar-refractivity contribution in [2.45, 2.75) is 52.9 Å². The summed E-state index contributed by atoms with van der Waals surface area (Å²) in [6, 6.07) is 16.1. The molecule has 25 heavy (non-hydrogen) atoms. The Kier molecular flexibility index (Phi) is 4.94. The first-order valence-corrected chi connectivity index (χ1v) is 9.45. The van der Waals surface area contributed by atoms with Gasteiger partial charge in [0.05, 0.1) is 5.39 Å². The summed E-state index contributed by atoms with van der Waals surface area (Å²) in [5.41, 5.74) is 6.82. The number of pyridine rings is 1. The first-order valence-electron chi connectivity index (χ1n) is 9.45. The van der Waals surface area contributed by atoms with Crippen molar-refractivity contribution in [1.82, 2.24) is 0 Å². The van der Waals surface area contributed by atoms with Gasteiger partial charge in [0.25, 0.3) is 0 Å². The first-order chi connectivity index (χ1) is 11.9. The van der Waals surface area contributed by atoms with E-state index in [1.54, 1.807) is 0 Å². The number of hydrogen-bond donors (Lipinski definition) is 0. The maximum Gasteiger partial charge on any atom is 0.220 e. The highest BCUT2D eigenvalue weighted by atomic mass is 14.9. The summed E-state index contributed by atoms with van der Waals surface area (Å²) in [6.45, 7) is 11.3. The molecule has 0 aliphatic heterocycles. The third-order valence-electron chi connectivity index (χ3n) is 5.53. The second-order valence-electron chi connectivity index (χ2n) is 7.66. The van der Waals surface area contributed by atoms with Gasteiger partial charge in [-0.05, 0) is 59.4 Å². The van der Waals surface area contributed by atoms with E-state index in [0.29, 0.717) is 11.8 Å². The molecule has 1 atom stereocenters. The van der Waals surface area contributed by atoms with Crippen LogP contribution in [-0.4, -0.2) is 0 Å². The van der Waals surface area contributed by atoms with Crippen molar-refractivity contribution in [1.29, 1.82) is 0 Å². The van der Waals surface area contributed by atoms with Gasteiger partial charge in [-0.3, -0.25) is 0 Å². The van der Waals surface area contributed by atoms with E-state index in [4.69, 9.17) is 0 Å². The molecule has 1 heteroatoms. The molecule has 130 valence electrons. The van der Waals surface area contributed by atoms with Gasteiger partial charge in [-0.25, -0.2) is 4.57 Å². The summed E-state index contributed by atoms with van der Waals surface area (Å²) >= 11 is 0. The maximum absolute atomic E-state index is 2.37. The normalized spacial score (nSPS) is 12.8. The predicted octanol–water partition coefficient (Wildman–Crippen LogP) is 6.28. The number of hydrogen-bond acceptors (Lipinski definition) is 0. The van der Waals surface area contributed by atoms with Gasteiger partial charge in [-0.2, -0.15) is 0 Å². The first kappa shape index (κ1) is 17.7. The van der Waals surface area contributed by atoms with Gasteiger partial charge < -0.3 is 0 Å². The number of rotatable bonds is 4. The Balaban J connectivity index is 2.26. The fourth-order valence-electron chi connectivity index (χ4n) is 3.52. The van der Waals surface area contributed by atoms with Crippen molar-refractivity contribution in [2.75, 3.05) is 0 Å². The van der Waals surface area contributed by atoms with E-state index in [9.17, 15) is 0 Å². The summed E-state index contributed by atoms with van der Waals surface area (Å²) in [5.74, 6) is 1.14.